The molecule has 1 aliphatic carbocycles. The van der Waals surface area contributed by atoms with Gasteiger partial charge in [-0.3, -0.25) is 10.0 Å². The first-order valence-electron chi connectivity index (χ1n) is 7.94. The van der Waals surface area contributed by atoms with Crippen LogP contribution in [0, 0.1) is 5.82 Å². The Balaban J connectivity index is 1.74. The third-order valence-electron chi connectivity index (χ3n) is 4.62. The highest BCUT2D eigenvalue weighted by Gasteiger charge is 2.55. The molecule has 7 nitrogen and oxygen atoms in total. The summed E-state index contributed by atoms with van der Waals surface area (Å²) in [5, 5.41) is 10.0. The molecule has 0 aromatic heterocycles. The van der Waals surface area contributed by atoms with Crippen molar-refractivity contribution in [3.63, 3.8) is 0 Å². The van der Waals surface area contributed by atoms with Crippen LogP contribution in [0.25, 0.3) is 0 Å². The number of hydrogen-bond donors (Lipinski definition) is 3. The Kier molecular flexibility index (Phi) is 4.52. The van der Waals surface area contributed by atoms with Gasteiger partial charge in [0.2, 0.25) is 5.91 Å². The molecule has 1 saturated carbocycles. The number of hydroxylamine groups is 2. The van der Waals surface area contributed by atoms with Crippen molar-refractivity contribution in [3.8, 4) is 11.5 Å². The molecule has 1 aliphatic rings. The highest BCUT2D eigenvalue weighted by molar-refractivity contribution is 5.90. The topological polar surface area (TPSA) is 119 Å². The second-order valence-corrected chi connectivity index (χ2v) is 6.28. The zero-order chi connectivity index (χ0) is 18.9. The summed E-state index contributed by atoms with van der Waals surface area (Å²) in [6.07, 6.45) is 0.309. The fourth-order valence-electron chi connectivity index (χ4n) is 3.15. The highest BCUT2D eigenvalue weighted by atomic mass is 19.1. The summed E-state index contributed by atoms with van der Waals surface area (Å²) >= 11 is 0. The van der Waals surface area contributed by atoms with E-state index >= 15 is 0 Å². The fraction of sp³-hybridized carbons (Fsp3) is 0.222. The minimum Gasteiger partial charge on any atom is -0.457 e. The molecule has 0 spiro atoms. The fourth-order valence-corrected chi connectivity index (χ4v) is 3.15. The van der Waals surface area contributed by atoms with Crippen molar-refractivity contribution in [1.29, 1.82) is 0 Å². The molecule has 8 heteroatoms. The number of primary amides is 2. The quantitative estimate of drug-likeness (QED) is 0.561. The summed E-state index contributed by atoms with van der Waals surface area (Å²) in [6.45, 7) is 0. The largest absolute Gasteiger partial charge is 0.457 e. The summed E-state index contributed by atoms with van der Waals surface area (Å²) in [4.78, 5) is 22.9. The number of carbonyl (C=O) groups excluding carboxylic acids is 2. The molecular formula is C18H18FN3O4. The third-order valence-corrected chi connectivity index (χ3v) is 4.62. The van der Waals surface area contributed by atoms with Gasteiger partial charge in [-0.2, -0.15) is 5.06 Å². The van der Waals surface area contributed by atoms with Gasteiger partial charge < -0.3 is 16.2 Å². The molecule has 3 amide bonds. The number of nitrogens with zero attached hydrogens (tertiary/aromatic N) is 1. The summed E-state index contributed by atoms with van der Waals surface area (Å²) in [6, 6.07) is 11.6. The molecular weight excluding hydrogens is 341 g/mol. The van der Waals surface area contributed by atoms with Crippen molar-refractivity contribution < 1.29 is 23.9 Å². The van der Waals surface area contributed by atoms with Crippen LogP contribution in [-0.4, -0.2) is 27.7 Å². The summed E-state index contributed by atoms with van der Waals surface area (Å²) in [5.41, 5.74) is 9.77. The standard InChI is InChI=1S/C18H18FN3O4/c19-13-4-6-14(7-5-13)26-15-3-1-2-11(8-15)12-9-18(10-12,16(20)23)22(25)17(21)24/h1-8,12,25H,9-10H2,(H2,20,23)(H2,21,24)/t12-,18+. The monoisotopic (exact) mass is 359 g/mol. The smallest absolute Gasteiger partial charge is 0.339 e. The molecule has 136 valence electrons. The van der Waals surface area contributed by atoms with Crippen LogP contribution in [0.2, 0.25) is 0 Å². The molecule has 0 radical (unpaired) electrons. The Hall–Kier alpha value is -3.13. The van der Waals surface area contributed by atoms with E-state index in [9.17, 15) is 19.2 Å². The molecule has 0 aliphatic heterocycles. The van der Waals surface area contributed by atoms with Crippen molar-refractivity contribution >= 4 is 11.9 Å². The number of hydrogen-bond acceptors (Lipinski definition) is 4. The number of ether oxygens (including phenoxy) is 1. The Morgan fingerprint density at radius 3 is 2.35 bits per heavy atom. The zero-order valence-electron chi connectivity index (χ0n) is 13.8. The molecule has 1 fully saturated rings. The zero-order valence-corrected chi connectivity index (χ0v) is 13.8. The summed E-state index contributed by atoms with van der Waals surface area (Å²) in [7, 11) is 0. The van der Waals surface area contributed by atoms with E-state index in [2.05, 4.69) is 0 Å². The van der Waals surface area contributed by atoms with Crippen LogP contribution >= 0.6 is 0 Å². The van der Waals surface area contributed by atoms with Crippen LogP contribution in [0.4, 0.5) is 9.18 Å². The lowest BCUT2D eigenvalue weighted by Gasteiger charge is -2.48. The molecule has 3 rings (SSSR count). The van der Waals surface area contributed by atoms with Crippen LogP contribution in [-0.2, 0) is 4.79 Å². The average Bonchev–Trinajstić information content (AvgIpc) is 2.56. The van der Waals surface area contributed by atoms with Gasteiger partial charge in [-0.05, 0) is 60.7 Å². The van der Waals surface area contributed by atoms with Crippen molar-refractivity contribution in [1.82, 2.24) is 5.06 Å². The van der Waals surface area contributed by atoms with E-state index in [1.54, 1.807) is 18.2 Å². The number of urea groups is 1. The number of carbonyl (C=O) groups is 2. The highest BCUT2D eigenvalue weighted by Crippen LogP contribution is 2.48. The normalized spacial score (nSPS) is 21.5. The van der Waals surface area contributed by atoms with Crippen LogP contribution in [0.15, 0.2) is 48.5 Å². The molecule has 0 heterocycles. The Labute approximate surface area is 148 Å². The van der Waals surface area contributed by atoms with E-state index in [0.29, 0.717) is 11.5 Å². The van der Waals surface area contributed by atoms with Crippen molar-refractivity contribution in [2.75, 3.05) is 0 Å². The number of halogens is 1. The summed E-state index contributed by atoms with van der Waals surface area (Å²) < 4.78 is 18.6. The van der Waals surface area contributed by atoms with Crippen molar-refractivity contribution in [2.24, 2.45) is 11.5 Å². The van der Waals surface area contributed by atoms with Gasteiger partial charge in [0.05, 0.1) is 0 Å². The van der Waals surface area contributed by atoms with Crippen molar-refractivity contribution in [3.05, 3.63) is 59.9 Å². The second kappa shape index (κ2) is 6.64. The Bertz CT molecular complexity index is 835. The maximum Gasteiger partial charge on any atom is 0.339 e. The van der Waals surface area contributed by atoms with E-state index < -0.39 is 17.5 Å². The molecule has 0 saturated heterocycles. The van der Waals surface area contributed by atoms with Gasteiger partial charge in [0.1, 0.15) is 17.3 Å². The van der Waals surface area contributed by atoms with Crippen LogP contribution < -0.4 is 16.2 Å². The predicted octanol–water partition coefficient (Wildman–Crippen LogP) is 2.49. The molecule has 0 bridgehead atoms. The molecule has 26 heavy (non-hydrogen) atoms. The van der Waals surface area contributed by atoms with Gasteiger partial charge in [-0.25, -0.2) is 9.18 Å². The van der Waals surface area contributed by atoms with E-state index in [4.69, 9.17) is 16.2 Å². The second-order valence-electron chi connectivity index (χ2n) is 6.28. The van der Waals surface area contributed by atoms with Gasteiger partial charge in [0, 0.05) is 0 Å². The maximum absolute atomic E-state index is 13.0. The molecule has 2 aromatic carbocycles. The first-order valence-corrected chi connectivity index (χ1v) is 7.94. The first kappa shape index (κ1) is 17.7. The number of amides is 3. The maximum atomic E-state index is 13.0. The minimum atomic E-state index is -1.50. The van der Waals surface area contributed by atoms with Crippen LogP contribution in [0.1, 0.15) is 24.3 Å². The number of nitrogens with two attached hydrogens (primary N) is 2. The van der Waals surface area contributed by atoms with Gasteiger partial charge in [0.15, 0.2) is 5.54 Å². The molecule has 2 aromatic rings. The van der Waals surface area contributed by atoms with E-state index in [1.165, 1.54) is 24.3 Å². The minimum absolute atomic E-state index is 0.103. The average molecular weight is 359 g/mol. The van der Waals surface area contributed by atoms with Crippen molar-refractivity contribution in [2.45, 2.75) is 24.3 Å². The third kappa shape index (κ3) is 3.18. The van der Waals surface area contributed by atoms with Crippen LogP contribution in [0.3, 0.4) is 0 Å². The van der Waals surface area contributed by atoms with Gasteiger partial charge in [-0.15, -0.1) is 0 Å². The summed E-state index contributed by atoms with van der Waals surface area (Å²) in [5.74, 6) is -0.242. The lowest BCUT2D eigenvalue weighted by Crippen LogP contribution is -2.65. The molecule has 5 N–H and O–H groups in total. The lowest BCUT2D eigenvalue weighted by molar-refractivity contribution is -0.176. The van der Waals surface area contributed by atoms with Gasteiger partial charge in [0.25, 0.3) is 0 Å². The van der Waals surface area contributed by atoms with Gasteiger partial charge >= 0.3 is 6.03 Å². The predicted molar refractivity (Wildman–Crippen MR) is 90.0 cm³/mol. The van der Waals surface area contributed by atoms with E-state index in [-0.39, 0.29) is 29.6 Å². The molecule has 0 unspecified atom stereocenters. The number of benzene rings is 2. The number of rotatable bonds is 5. The van der Waals surface area contributed by atoms with Gasteiger partial charge in [-0.1, -0.05) is 12.1 Å². The van der Waals surface area contributed by atoms with E-state index in [1.807, 2.05) is 6.07 Å². The van der Waals surface area contributed by atoms with E-state index in [0.717, 1.165) is 5.56 Å². The lowest BCUT2D eigenvalue weighted by atomic mass is 9.65. The Morgan fingerprint density at radius 1 is 1.12 bits per heavy atom. The Morgan fingerprint density at radius 2 is 1.77 bits per heavy atom. The SMILES string of the molecule is NC(=O)N(O)[C@]1(C(N)=O)C[C@H](c2cccc(Oc3ccc(F)cc3)c2)C1. The van der Waals surface area contributed by atoms with Crippen LogP contribution in [0.5, 0.6) is 11.5 Å². The first-order chi connectivity index (χ1) is 12.3. The molecule has 0 atom stereocenters.